The maximum atomic E-state index is 12.0. The molecule has 1 aromatic rings. The Kier molecular flexibility index (Phi) is 5.96. The van der Waals surface area contributed by atoms with Gasteiger partial charge >= 0.3 is 0 Å². The monoisotopic (exact) mass is 281 g/mol. The lowest BCUT2D eigenvalue weighted by Gasteiger charge is -2.16. The summed E-state index contributed by atoms with van der Waals surface area (Å²) in [5, 5.41) is 8.78. The molecule has 0 aliphatic heterocycles. The van der Waals surface area contributed by atoms with Gasteiger partial charge in [0.2, 0.25) is 10.0 Å². The zero-order chi connectivity index (χ0) is 14.3. The SMILES string of the molecule is CCCC(CN)NS(=O)(=O)Cc1cccc(C#N)c1. The van der Waals surface area contributed by atoms with Crippen molar-refractivity contribution in [2.45, 2.75) is 31.6 Å². The molecule has 0 aliphatic rings. The van der Waals surface area contributed by atoms with Gasteiger partial charge in [0.15, 0.2) is 0 Å². The van der Waals surface area contributed by atoms with Gasteiger partial charge in [0.05, 0.1) is 17.4 Å². The largest absolute Gasteiger partial charge is 0.329 e. The van der Waals surface area contributed by atoms with Crippen LogP contribution in [0, 0.1) is 11.3 Å². The lowest BCUT2D eigenvalue weighted by Crippen LogP contribution is -2.40. The van der Waals surface area contributed by atoms with E-state index in [4.69, 9.17) is 11.0 Å². The first-order chi connectivity index (χ1) is 9.00. The van der Waals surface area contributed by atoms with E-state index in [1.54, 1.807) is 24.3 Å². The first-order valence-corrected chi connectivity index (χ1v) is 7.85. The van der Waals surface area contributed by atoms with Gasteiger partial charge in [-0.15, -0.1) is 0 Å². The molecule has 0 saturated carbocycles. The molecule has 19 heavy (non-hydrogen) atoms. The molecule has 0 bridgehead atoms. The summed E-state index contributed by atoms with van der Waals surface area (Å²) in [7, 11) is -3.43. The van der Waals surface area contributed by atoms with Gasteiger partial charge in [0, 0.05) is 12.6 Å². The molecule has 0 radical (unpaired) electrons. The van der Waals surface area contributed by atoms with E-state index in [-0.39, 0.29) is 18.3 Å². The van der Waals surface area contributed by atoms with E-state index in [0.29, 0.717) is 17.5 Å². The fourth-order valence-electron chi connectivity index (χ4n) is 1.82. The Morgan fingerprint density at radius 2 is 2.21 bits per heavy atom. The average molecular weight is 281 g/mol. The first kappa shape index (κ1) is 15.6. The smallest absolute Gasteiger partial charge is 0.216 e. The summed E-state index contributed by atoms with van der Waals surface area (Å²) in [5.41, 5.74) is 6.59. The van der Waals surface area contributed by atoms with Crippen LogP contribution in [-0.2, 0) is 15.8 Å². The summed E-state index contributed by atoms with van der Waals surface area (Å²) in [6, 6.07) is 8.35. The van der Waals surface area contributed by atoms with Gasteiger partial charge in [-0.25, -0.2) is 13.1 Å². The van der Waals surface area contributed by atoms with Gasteiger partial charge in [0.25, 0.3) is 0 Å². The maximum Gasteiger partial charge on any atom is 0.216 e. The molecule has 0 spiro atoms. The number of hydrogen-bond acceptors (Lipinski definition) is 4. The molecule has 1 atom stereocenters. The van der Waals surface area contributed by atoms with Gasteiger partial charge in [0.1, 0.15) is 0 Å². The highest BCUT2D eigenvalue weighted by molar-refractivity contribution is 7.88. The van der Waals surface area contributed by atoms with Crippen molar-refractivity contribution in [2.75, 3.05) is 6.54 Å². The Hall–Kier alpha value is -1.42. The minimum atomic E-state index is -3.43. The van der Waals surface area contributed by atoms with Crippen LogP contribution < -0.4 is 10.5 Å². The minimum Gasteiger partial charge on any atom is -0.329 e. The third-order valence-electron chi connectivity index (χ3n) is 2.68. The highest BCUT2D eigenvalue weighted by Gasteiger charge is 2.16. The van der Waals surface area contributed by atoms with Crippen LogP contribution in [0.4, 0.5) is 0 Å². The number of nitrogens with zero attached hydrogens (tertiary/aromatic N) is 1. The zero-order valence-electron chi connectivity index (χ0n) is 11.0. The molecular weight excluding hydrogens is 262 g/mol. The van der Waals surface area contributed by atoms with Crippen molar-refractivity contribution in [2.24, 2.45) is 5.73 Å². The Balaban J connectivity index is 2.76. The van der Waals surface area contributed by atoms with Crippen LogP contribution in [0.1, 0.15) is 30.9 Å². The van der Waals surface area contributed by atoms with Crippen LogP contribution in [0.3, 0.4) is 0 Å². The number of nitrogens with two attached hydrogens (primary N) is 1. The van der Waals surface area contributed by atoms with E-state index in [2.05, 4.69) is 4.72 Å². The maximum absolute atomic E-state index is 12.0. The Morgan fingerprint density at radius 1 is 1.47 bits per heavy atom. The number of benzene rings is 1. The van der Waals surface area contributed by atoms with Gasteiger partial charge in [-0.1, -0.05) is 25.5 Å². The molecule has 0 saturated heterocycles. The van der Waals surface area contributed by atoms with Gasteiger partial charge in [-0.05, 0) is 24.1 Å². The molecule has 5 nitrogen and oxygen atoms in total. The molecule has 0 aliphatic carbocycles. The van der Waals surface area contributed by atoms with Gasteiger partial charge < -0.3 is 5.73 Å². The molecule has 0 heterocycles. The van der Waals surface area contributed by atoms with Crippen LogP contribution in [0.5, 0.6) is 0 Å². The predicted octanol–water partition coefficient (Wildman–Crippen LogP) is 1.11. The summed E-state index contributed by atoms with van der Waals surface area (Å²) >= 11 is 0. The average Bonchev–Trinajstić information content (AvgIpc) is 2.37. The predicted molar refractivity (Wildman–Crippen MR) is 74.7 cm³/mol. The lowest BCUT2D eigenvalue weighted by molar-refractivity contribution is 0.526. The quantitative estimate of drug-likeness (QED) is 0.782. The molecule has 0 fully saturated rings. The summed E-state index contributed by atoms with van der Waals surface area (Å²) in [5.74, 6) is -0.136. The van der Waals surface area contributed by atoms with Crippen LogP contribution >= 0.6 is 0 Å². The van der Waals surface area contributed by atoms with E-state index in [1.165, 1.54) is 0 Å². The summed E-state index contributed by atoms with van der Waals surface area (Å²) in [6.07, 6.45) is 1.59. The topological polar surface area (TPSA) is 96.0 Å². The molecule has 1 aromatic carbocycles. The lowest BCUT2D eigenvalue weighted by atomic mass is 10.2. The van der Waals surface area contributed by atoms with Crippen LogP contribution in [0.25, 0.3) is 0 Å². The molecule has 3 N–H and O–H groups in total. The highest BCUT2D eigenvalue weighted by Crippen LogP contribution is 2.09. The van der Waals surface area contributed by atoms with Gasteiger partial charge in [-0.3, -0.25) is 0 Å². The minimum absolute atomic E-state index is 0.136. The number of nitriles is 1. The van der Waals surface area contributed by atoms with Crippen molar-refractivity contribution in [1.29, 1.82) is 5.26 Å². The third-order valence-corrected chi connectivity index (χ3v) is 4.09. The van der Waals surface area contributed by atoms with Crippen molar-refractivity contribution >= 4 is 10.0 Å². The summed E-state index contributed by atoms with van der Waals surface area (Å²) in [4.78, 5) is 0. The van der Waals surface area contributed by atoms with E-state index in [9.17, 15) is 8.42 Å². The second kappa shape index (κ2) is 7.24. The molecule has 6 heteroatoms. The highest BCUT2D eigenvalue weighted by atomic mass is 32.2. The third kappa shape index (κ3) is 5.39. The Bertz CT molecular complexity index is 549. The molecule has 0 aromatic heterocycles. The standard InChI is InChI=1S/C13H19N3O2S/c1-2-4-13(9-15)16-19(17,18)10-12-6-3-5-11(7-12)8-14/h3,5-7,13,16H,2,4,9-10,15H2,1H3. The van der Waals surface area contributed by atoms with Crippen LogP contribution in [0.2, 0.25) is 0 Å². The van der Waals surface area contributed by atoms with Crippen molar-refractivity contribution in [3.63, 3.8) is 0 Å². The molecule has 1 unspecified atom stereocenters. The van der Waals surface area contributed by atoms with Crippen molar-refractivity contribution < 1.29 is 8.42 Å². The summed E-state index contributed by atoms with van der Waals surface area (Å²) in [6.45, 7) is 2.26. The zero-order valence-corrected chi connectivity index (χ0v) is 11.8. The molecule has 1 rings (SSSR count). The van der Waals surface area contributed by atoms with E-state index in [0.717, 1.165) is 6.42 Å². The normalized spacial score (nSPS) is 12.9. The first-order valence-electron chi connectivity index (χ1n) is 6.20. The number of nitrogens with one attached hydrogen (secondary N) is 1. The Morgan fingerprint density at radius 3 is 2.79 bits per heavy atom. The number of hydrogen-bond donors (Lipinski definition) is 2. The number of sulfonamides is 1. The Labute approximate surface area is 114 Å². The van der Waals surface area contributed by atoms with E-state index >= 15 is 0 Å². The second-order valence-electron chi connectivity index (χ2n) is 4.41. The molecule has 0 amide bonds. The van der Waals surface area contributed by atoms with Crippen molar-refractivity contribution in [3.05, 3.63) is 35.4 Å². The summed E-state index contributed by atoms with van der Waals surface area (Å²) < 4.78 is 26.6. The molecule has 104 valence electrons. The van der Waals surface area contributed by atoms with Crippen molar-refractivity contribution in [1.82, 2.24) is 4.72 Å². The fraction of sp³-hybridized carbons (Fsp3) is 0.462. The molecular formula is C13H19N3O2S. The number of rotatable bonds is 7. The van der Waals surface area contributed by atoms with Crippen molar-refractivity contribution in [3.8, 4) is 6.07 Å². The van der Waals surface area contributed by atoms with Crippen LogP contribution in [0.15, 0.2) is 24.3 Å². The van der Waals surface area contributed by atoms with Crippen LogP contribution in [-0.4, -0.2) is 21.0 Å². The second-order valence-corrected chi connectivity index (χ2v) is 6.16. The van der Waals surface area contributed by atoms with Gasteiger partial charge in [-0.2, -0.15) is 5.26 Å². The van der Waals surface area contributed by atoms with E-state index in [1.807, 2.05) is 13.0 Å². The fourth-order valence-corrected chi connectivity index (χ4v) is 3.24. The van der Waals surface area contributed by atoms with E-state index < -0.39 is 10.0 Å².